The molecule has 0 saturated carbocycles. The highest BCUT2D eigenvalue weighted by Crippen LogP contribution is 2.49. The standard InChI is InChI=1S/C16H13N3OS/c20-14-16(12-8-4-5-9-13(12)19-14)10-17-15(21-16)18-11-6-2-1-3-7-11/h1-9H,10H2,(H,17,18)(H,19,20)/t16-/m0/s1. The van der Waals surface area contributed by atoms with Crippen molar-refractivity contribution >= 4 is 34.2 Å². The summed E-state index contributed by atoms with van der Waals surface area (Å²) in [6.07, 6.45) is 0. The number of nitrogens with one attached hydrogen (secondary N) is 2. The molecule has 0 aromatic heterocycles. The Morgan fingerprint density at radius 2 is 1.86 bits per heavy atom. The van der Waals surface area contributed by atoms with E-state index in [1.54, 1.807) is 0 Å². The smallest absolute Gasteiger partial charge is 0.247 e. The first-order chi connectivity index (χ1) is 10.3. The molecular formula is C16H13N3OS. The van der Waals surface area contributed by atoms with Crippen molar-refractivity contribution < 1.29 is 4.79 Å². The highest BCUT2D eigenvalue weighted by Gasteiger charge is 2.51. The number of carbonyl (C=O) groups is 1. The Bertz CT molecular complexity index is 744. The maximum absolute atomic E-state index is 12.4. The predicted molar refractivity (Wildman–Crippen MR) is 86.7 cm³/mol. The Morgan fingerprint density at radius 1 is 1.10 bits per heavy atom. The van der Waals surface area contributed by atoms with Crippen LogP contribution in [0.5, 0.6) is 0 Å². The van der Waals surface area contributed by atoms with Crippen molar-refractivity contribution in [3.8, 4) is 0 Å². The molecule has 4 rings (SSSR count). The van der Waals surface area contributed by atoms with Gasteiger partial charge in [-0.15, -0.1) is 0 Å². The van der Waals surface area contributed by atoms with E-state index in [1.807, 2.05) is 54.6 Å². The second-order valence-corrected chi connectivity index (χ2v) is 6.33. The fourth-order valence-corrected chi connectivity index (χ4v) is 3.86. The van der Waals surface area contributed by atoms with Crippen LogP contribution in [0.1, 0.15) is 5.56 Å². The van der Waals surface area contributed by atoms with Gasteiger partial charge in [0.15, 0.2) is 5.17 Å². The second kappa shape index (κ2) is 4.63. The number of amides is 1. The average molecular weight is 295 g/mol. The summed E-state index contributed by atoms with van der Waals surface area (Å²) in [5, 5.41) is 7.02. The summed E-state index contributed by atoms with van der Waals surface area (Å²) in [5.41, 5.74) is 2.90. The lowest BCUT2D eigenvalue weighted by Crippen LogP contribution is -2.32. The number of fused-ring (bicyclic) bond motifs is 2. The van der Waals surface area contributed by atoms with Crippen molar-refractivity contribution in [2.75, 3.05) is 17.2 Å². The summed E-state index contributed by atoms with van der Waals surface area (Å²) in [4.78, 5) is 16.9. The van der Waals surface area contributed by atoms with E-state index >= 15 is 0 Å². The SMILES string of the molecule is O=C1Nc2ccccc2[C@@]12CN=C(Nc1ccccc1)S2. The van der Waals surface area contributed by atoms with Gasteiger partial charge >= 0.3 is 0 Å². The van der Waals surface area contributed by atoms with Gasteiger partial charge in [0.1, 0.15) is 4.75 Å². The predicted octanol–water partition coefficient (Wildman–Crippen LogP) is 3.05. The Kier molecular flexibility index (Phi) is 2.75. The van der Waals surface area contributed by atoms with Gasteiger partial charge in [-0.3, -0.25) is 9.79 Å². The lowest BCUT2D eigenvalue weighted by molar-refractivity contribution is -0.117. The van der Waals surface area contributed by atoms with Crippen LogP contribution in [-0.2, 0) is 9.54 Å². The van der Waals surface area contributed by atoms with Crippen LogP contribution in [0.2, 0.25) is 0 Å². The van der Waals surface area contributed by atoms with Gasteiger partial charge in [0, 0.05) is 16.9 Å². The van der Waals surface area contributed by atoms with E-state index in [4.69, 9.17) is 0 Å². The molecule has 2 aliphatic heterocycles. The molecule has 0 saturated heterocycles. The number of benzene rings is 2. The number of hydrogen-bond donors (Lipinski definition) is 2. The average Bonchev–Trinajstić information content (AvgIpc) is 3.05. The minimum atomic E-state index is -0.617. The van der Waals surface area contributed by atoms with Crippen LogP contribution in [0.4, 0.5) is 11.4 Å². The second-order valence-electron chi connectivity index (χ2n) is 5.04. The van der Waals surface area contributed by atoms with Crippen LogP contribution >= 0.6 is 11.8 Å². The molecule has 0 unspecified atom stereocenters. The first-order valence-corrected chi connectivity index (χ1v) is 7.56. The Balaban J connectivity index is 1.62. The van der Waals surface area contributed by atoms with Gasteiger partial charge < -0.3 is 10.6 Å². The third kappa shape index (κ3) is 1.93. The number of thioether (sulfide) groups is 1. The number of hydrogen-bond acceptors (Lipinski definition) is 4. The topological polar surface area (TPSA) is 53.5 Å². The lowest BCUT2D eigenvalue weighted by atomic mass is 10.00. The number of para-hydroxylation sites is 2. The molecule has 5 heteroatoms. The summed E-state index contributed by atoms with van der Waals surface area (Å²) in [6, 6.07) is 17.7. The van der Waals surface area contributed by atoms with E-state index in [0.29, 0.717) is 6.54 Å². The summed E-state index contributed by atoms with van der Waals surface area (Å²) in [5.74, 6) is 0.0160. The third-order valence-electron chi connectivity index (χ3n) is 3.72. The fourth-order valence-electron chi connectivity index (χ4n) is 2.67. The minimum Gasteiger partial charge on any atom is -0.335 e. The van der Waals surface area contributed by atoms with E-state index in [-0.39, 0.29) is 5.91 Å². The first kappa shape index (κ1) is 12.5. The largest absolute Gasteiger partial charge is 0.335 e. The van der Waals surface area contributed by atoms with Crippen molar-refractivity contribution in [2.24, 2.45) is 4.99 Å². The molecule has 2 N–H and O–H groups in total. The maximum atomic E-state index is 12.4. The van der Waals surface area contributed by atoms with Gasteiger partial charge in [0.05, 0.1) is 6.54 Å². The molecular weight excluding hydrogens is 282 g/mol. The van der Waals surface area contributed by atoms with Crippen LogP contribution in [0.15, 0.2) is 59.6 Å². The van der Waals surface area contributed by atoms with E-state index in [2.05, 4.69) is 15.6 Å². The van der Waals surface area contributed by atoms with E-state index < -0.39 is 4.75 Å². The molecule has 2 heterocycles. The number of rotatable bonds is 1. The fraction of sp³-hybridized carbons (Fsp3) is 0.125. The monoisotopic (exact) mass is 295 g/mol. The van der Waals surface area contributed by atoms with Crippen LogP contribution in [-0.4, -0.2) is 17.6 Å². The number of aliphatic imine (C=N–C) groups is 1. The van der Waals surface area contributed by atoms with Crippen LogP contribution < -0.4 is 10.6 Å². The van der Waals surface area contributed by atoms with Crippen LogP contribution in [0.3, 0.4) is 0 Å². The summed E-state index contributed by atoms with van der Waals surface area (Å²) in [6.45, 7) is 0.468. The minimum absolute atomic E-state index is 0.0160. The van der Waals surface area contributed by atoms with Crippen molar-refractivity contribution in [3.05, 3.63) is 60.2 Å². The van der Waals surface area contributed by atoms with E-state index in [9.17, 15) is 4.79 Å². The zero-order valence-corrected chi connectivity index (χ0v) is 12.0. The molecule has 0 radical (unpaired) electrons. The van der Waals surface area contributed by atoms with Gasteiger partial charge in [-0.25, -0.2) is 0 Å². The van der Waals surface area contributed by atoms with E-state index in [1.165, 1.54) is 11.8 Å². The molecule has 1 spiro atoms. The molecule has 2 aliphatic rings. The number of carbonyl (C=O) groups excluding carboxylic acids is 1. The Hall–Kier alpha value is -2.27. The van der Waals surface area contributed by atoms with Gasteiger partial charge in [-0.2, -0.15) is 0 Å². The highest BCUT2D eigenvalue weighted by molar-refractivity contribution is 8.15. The van der Waals surface area contributed by atoms with Crippen LogP contribution in [0, 0.1) is 0 Å². The molecule has 1 atom stereocenters. The lowest BCUT2D eigenvalue weighted by Gasteiger charge is -2.19. The quantitative estimate of drug-likeness (QED) is 0.850. The Morgan fingerprint density at radius 3 is 2.71 bits per heavy atom. The molecule has 1 amide bonds. The Labute approximate surface area is 126 Å². The van der Waals surface area contributed by atoms with Crippen molar-refractivity contribution in [3.63, 3.8) is 0 Å². The molecule has 0 aliphatic carbocycles. The maximum Gasteiger partial charge on any atom is 0.247 e. The normalized spacial score (nSPS) is 22.9. The molecule has 21 heavy (non-hydrogen) atoms. The molecule has 0 bridgehead atoms. The zero-order chi connectivity index (χ0) is 14.3. The number of amidine groups is 1. The van der Waals surface area contributed by atoms with Gasteiger partial charge in [-0.05, 0) is 18.2 Å². The van der Waals surface area contributed by atoms with Gasteiger partial charge in [0.2, 0.25) is 5.91 Å². The molecule has 2 aromatic carbocycles. The third-order valence-corrected chi connectivity index (χ3v) is 5.03. The van der Waals surface area contributed by atoms with Gasteiger partial charge in [-0.1, -0.05) is 48.2 Å². The zero-order valence-electron chi connectivity index (χ0n) is 11.2. The van der Waals surface area contributed by atoms with Crippen LogP contribution in [0.25, 0.3) is 0 Å². The summed E-state index contributed by atoms with van der Waals surface area (Å²) >= 11 is 1.49. The highest BCUT2D eigenvalue weighted by atomic mass is 32.2. The number of nitrogens with zero attached hydrogens (tertiary/aromatic N) is 1. The van der Waals surface area contributed by atoms with E-state index in [0.717, 1.165) is 22.1 Å². The first-order valence-electron chi connectivity index (χ1n) is 6.74. The van der Waals surface area contributed by atoms with Crippen molar-refractivity contribution in [1.29, 1.82) is 0 Å². The molecule has 0 fully saturated rings. The van der Waals surface area contributed by atoms with Crippen molar-refractivity contribution in [2.45, 2.75) is 4.75 Å². The summed E-state index contributed by atoms with van der Waals surface area (Å²) < 4.78 is -0.617. The molecule has 2 aromatic rings. The molecule has 104 valence electrons. The molecule has 4 nitrogen and oxygen atoms in total. The van der Waals surface area contributed by atoms with Gasteiger partial charge in [0.25, 0.3) is 0 Å². The van der Waals surface area contributed by atoms with Crippen molar-refractivity contribution in [1.82, 2.24) is 0 Å². The summed E-state index contributed by atoms with van der Waals surface area (Å²) in [7, 11) is 0. The number of anilines is 2.